The van der Waals surface area contributed by atoms with Crippen LogP contribution in [-0.2, 0) is 23.7 Å². The van der Waals surface area contributed by atoms with Crippen LogP contribution in [0.3, 0.4) is 0 Å². The first-order valence-electron chi connectivity index (χ1n) is 34.9. The number of hydrogen-bond acceptors (Lipinski definition) is 13. The third kappa shape index (κ3) is 39.1. The van der Waals surface area contributed by atoms with E-state index in [1.807, 2.05) is 6.08 Å². The second-order valence-corrected chi connectivity index (χ2v) is 24.6. The van der Waals surface area contributed by atoms with E-state index in [4.69, 9.17) is 18.9 Å². The number of hydrogen-bond donors (Lipinski definition) is 9. The predicted molar refractivity (Wildman–Crippen MR) is 341 cm³/mol. The molecule has 2 rings (SSSR count). The van der Waals surface area contributed by atoms with Crippen LogP contribution in [0.15, 0.2) is 48.6 Å². The van der Waals surface area contributed by atoms with E-state index in [1.165, 1.54) is 218 Å². The molecule has 0 bridgehead atoms. The summed E-state index contributed by atoms with van der Waals surface area (Å²) in [7, 11) is 0. The Balaban J connectivity index is 1.70. The molecule has 0 radical (unpaired) electrons. The monoisotopic (exact) mass is 1190 g/mol. The van der Waals surface area contributed by atoms with Crippen LogP contribution in [0.1, 0.15) is 296 Å². The minimum absolute atomic E-state index is 0.253. The summed E-state index contributed by atoms with van der Waals surface area (Å²) >= 11 is 0. The van der Waals surface area contributed by atoms with Gasteiger partial charge in [0.2, 0.25) is 5.91 Å². The number of aliphatic hydroxyl groups excluding tert-OH is 8. The fraction of sp³-hybridized carbons (Fsp3) is 0.871. The SMILES string of the molecule is CCCCCCCC/C=C\CCCCCCCCCCCC(=O)NC(COC1OC(CO)C(OC2OC(CO)C(O)C(O)C2O)C(O)C1O)C(O)/C=C/CC/C=C/CC/C=C/CCCCCCCCCCCCCCCCCCCCCCC. The van der Waals surface area contributed by atoms with Gasteiger partial charge in [0.25, 0.3) is 0 Å². The number of amides is 1. The number of allylic oxidation sites excluding steroid dienone is 7. The molecule has 1 amide bonds. The molecule has 12 atom stereocenters. The van der Waals surface area contributed by atoms with Gasteiger partial charge in [0.1, 0.15) is 48.8 Å². The van der Waals surface area contributed by atoms with Crippen molar-refractivity contribution in [1.82, 2.24) is 5.32 Å². The molecule has 2 aliphatic rings. The zero-order chi connectivity index (χ0) is 60.9. The molecule has 2 heterocycles. The zero-order valence-corrected chi connectivity index (χ0v) is 53.4. The number of carbonyl (C=O) groups is 1. The van der Waals surface area contributed by atoms with Crippen LogP contribution in [0.4, 0.5) is 0 Å². The fourth-order valence-corrected chi connectivity index (χ4v) is 11.4. The summed E-state index contributed by atoms with van der Waals surface area (Å²) in [6.45, 7) is 2.80. The standard InChI is InChI=1S/C70H129NO13/c1-3-5-7-9-11-13-15-17-19-21-23-24-25-26-27-28-29-30-31-32-33-34-36-37-39-41-43-45-47-49-51-53-59(74)58(71-62(75)54-52-50-48-46-44-42-40-38-35-22-20-18-16-14-12-10-8-6-4-2)57-81-69-67(80)65(78)68(61(56-73)83-69)84-70-66(79)64(77)63(76)60(55-72)82-70/h18,20,36-37,43,45,51,53,58-61,63-70,72-74,76-80H,3-17,19,21-35,38-42,44,46-50,52,54-57H2,1-2H3,(H,71,75)/b20-18-,37-36+,45-43+,53-51+. The van der Waals surface area contributed by atoms with Crippen LogP contribution in [0.25, 0.3) is 0 Å². The van der Waals surface area contributed by atoms with Crippen molar-refractivity contribution < 1.29 is 64.6 Å². The molecule has 2 saturated heterocycles. The molecule has 14 nitrogen and oxygen atoms in total. The molecule has 0 aromatic heterocycles. The molecule has 2 aliphatic heterocycles. The first-order valence-corrected chi connectivity index (χ1v) is 34.9. The molecular formula is C70H129NO13. The van der Waals surface area contributed by atoms with E-state index in [-0.39, 0.29) is 18.9 Å². The van der Waals surface area contributed by atoms with Crippen LogP contribution in [-0.4, -0.2) is 140 Å². The van der Waals surface area contributed by atoms with Gasteiger partial charge in [0.05, 0.1) is 32.0 Å². The van der Waals surface area contributed by atoms with Gasteiger partial charge in [0, 0.05) is 6.42 Å². The largest absolute Gasteiger partial charge is 0.394 e. The highest BCUT2D eigenvalue weighted by molar-refractivity contribution is 5.76. The molecular weight excluding hydrogens is 1060 g/mol. The lowest BCUT2D eigenvalue weighted by atomic mass is 9.97. The van der Waals surface area contributed by atoms with Gasteiger partial charge >= 0.3 is 0 Å². The van der Waals surface area contributed by atoms with Crippen LogP contribution in [0.2, 0.25) is 0 Å². The zero-order valence-electron chi connectivity index (χ0n) is 53.4. The highest BCUT2D eigenvalue weighted by Crippen LogP contribution is 2.30. The Morgan fingerprint density at radius 2 is 0.762 bits per heavy atom. The lowest BCUT2D eigenvalue weighted by Crippen LogP contribution is -2.65. The highest BCUT2D eigenvalue weighted by atomic mass is 16.7. The van der Waals surface area contributed by atoms with Crippen LogP contribution in [0.5, 0.6) is 0 Å². The van der Waals surface area contributed by atoms with Gasteiger partial charge in [0.15, 0.2) is 12.6 Å². The molecule has 0 saturated carbocycles. The second-order valence-electron chi connectivity index (χ2n) is 24.6. The number of carbonyl (C=O) groups excluding carboxylic acids is 1. The molecule has 492 valence electrons. The number of aliphatic hydroxyl groups is 8. The van der Waals surface area contributed by atoms with Gasteiger partial charge in [-0.3, -0.25) is 4.79 Å². The summed E-state index contributed by atoms with van der Waals surface area (Å²) in [4.78, 5) is 13.3. The molecule has 12 unspecified atom stereocenters. The molecule has 14 heteroatoms. The summed E-state index contributed by atoms with van der Waals surface area (Å²) in [5.74, 6) is -0.253. The smallest absolute Gasteiger partial charge is 0.220 e. The topological polar surface area (TPSA) is 228 Å². The van der Waals surface area contributed by atoms with Crippen molar-refractivity contribution in [2.75, 3.05) is 19.8 Å². The lowest BCUT2D eigenvalue weighted by molar-refractivity contribution is -0.359. The van der Waals surface area contributed by atoms with Crippen molar-refractivity contribution >= 4 is 5.91 Å². The number of ether oxygens (including phenoxy) is 4. The molecule has 0 spiro atoms. The quantitative estimate of drug-likeness (QED) is 0.0204. The van der Waals surface area contributed by atoms with E-state index in [1.54, 1.807) is 6.08 Å². The van der Waals surface area contributed by atoms with Gasteiger partial charge in [-0.2, -0.15) is 0 Å². The Bertz CT molecular complexity index is 1590. The van der Waals surface area contributed by atoms with E-state index < -0.39 is 86.8 Å². The minimum atomic E-state index is -1.79. The maximum atomic E-state index is 13.3. The molecule has 0 aromatic carbocycles. The predicted octanol–water partition coefficient (Wildman–Crippen LogP) is 13.9. The maximum absolute atomic E-state index is 13.3. The lowest BCUT2D eigenvalue weighted by Gasteiger charge is -2.46. The van der Waals surface area contributed by atoms with Gasteiger partial charge in [-0.1, -0.05) is 268 Å². The minimum Gasteiger partial charge on any atom is -0.394 e. The molecule has 0 aliphatic carbocycles. The van der Waals surface area contributed by atoms with Crippen molar-refractivity contribution in [3.05, 3.63) is 48.6 Å². The summed E-state index contributed by atoms with van der Waals surface area (Å²) in [5, 5.41) is 87.3. The number of nitrogens with one attached hydrogen (secondary N) is 1. The fourth-order valence-electron chi connectivity index (χ4n) is 11.4. The van der Waals surface area contributed by atoms with E-state index >= 15 is 0 Å². The van der Waals surface area contributed by atoms with Crippen LogP contribution in [0, 0.1) is 0 Å². The first kappa shape index (κ1) is 78.0. The summed E-state index contributed by atoms with van der Waals surface area (Å²) in [6, 6.07) is -0.941. The van der Waals surface area contributed by atoms with Gasteiger partial charge < -0.3 is 65.1 Å². The van der Waals surface area contributed by atoms with Crippen molar-refractivity contribution in [1.29, 1.82) is 0 Å². The Kier molecular flexibility index (Phi) is 51.1. The van der Waals surface area contributed by atoms with Crippen molar-refractivity contribution in [3.63, 3.8) is 0 Å². The van der Waals surface area contributed by atoms with Crippen molar-refractivity contribution in [2.45, 2.75) is 370 Å². The number of rotatable bonds is 57. The van der Waals surface area contributed by atoms with Gasteiger partial charge in [-0.25, -0.2) is 0 Å². The Morgan fingerprint density at radius 3 is 1.17 bits per heavy atom. The highest BCUT2D eigenvalue weighted by Gasteiger charge is 2.51. The van der Waals surface area contributed by atoms with Crippen LogP contribution >= 0.6 is 0 Å². The maximum Gasteiger partial charge on any atom is 0.220 e. The molecule has 84 heavy (non-hydrogen) atoms. The average molecular weight is 1190 g/mol. The van der Waals surface area contributed by atoms with Gasteiger partial charge in [-0.15, -0.1) is 0 Å². The Labute approximate surface area is 512 Å². The van der Waals surface area contributed by atoms with Crippen molar-refractivity contribution in [2.24, 2.45) is 0 Å². The van der Waals surface area contributed by atoms with E-state index in [0.29, 0.717) is 12.8 Å². The molecule has 9 N–H and O–H groups in total. The molecule has 0 aromatic rings. The van der Waals surface area contributed by atoms with E-state index in [2.05, 4.69) is 55.6 Å². The average Bonchev–Trinajstić information content (AvgIpc) is 3.62. The molecule has 2 fully saturated rings. The van der Waals surface area contributed by atoms with Crippen molar-refractivity contribution in [3.8, 4) is 0 Å². The second kappa shape index (κ2) is 55.1. The van der Waals surface area contributed by atoms with E-state index in [9.17, 15) is 45.6 Å². The third-order valence-corrected chi connectivity index (χ3v) is 17.0. The summed E-state index contributed by atoms with van der Waals surface area (Å²) < 4.78 is 22.8. The van der Waals surface area contributed by atoms with Crippen LogP contribution < -0.4 is 5.32 Å². The van der Waals surface area contributed by atoms with Gasteiger partial charge in [-0.05, 0) is 70.6 Å². The normalized spacial score (nSPS) is 23.9. The summed E-state index contributed by atoms with van der Waals surface area (Å²) in [6.07, 6.45) is 54.6. The third-order valence-electron chi connectivity index (χ3n) is 17.0. The first-order chi connectivity index (χ1) is 41.1. The van der Waals surface area contributed by atoms with E-state index in [0.717, 1.165) is 44.9 Å². The Morgan fingerprint density at radius 1 is 0.417 bits per heavy atom. The number of unbranched alkanes of at least 4 members (excludes halogenated alkanes) is 38. The summed E-state index contributed by atoms with van der Waals surface area (Å²) in [5.41, 5.74) is 0. The Hall–Kier alpha value is -2.05.